The highest BCUT2D eigenvalue weighted by atomic mass is 16.5. The highest BCUT2D eigenvalue weighted by Gasteiger charge is 2.15. The number of ether oxygens (including phenoxy) is 3. The molecule has 0 bridgehead atoms. The van der Waals surface area contributed by atoms with Gasteiger partial charge in [-0.25, -0.2) is 0 Å². The average molecular weight is 253 g/mol. The van der Waals surface area contributed by atoms with Crippen LogP contribution in [0.1, 0.15) is 19.4 Å². The van der Waals surface area contributed by atoms with E-state index in [4.69, 9.17) is 14.2 Å². The van der Waals surface area contributed by atoms with E-state index < -0.39 is 0 Å². The van der Waals surface area contributed by atoms with Crippen LogP contribution in [-0.2, 0) is 11.3 Å². The molecule has 0 aliphatic rings. The summed E-state index contributed by atoms with van der Waals surface area (Å²) < 4.78 is 15.8. The van der Waals surface area contributed by atoms with Crippen molar-refractivity contribution >= 4 is 0 Å². The average Bonchev–Trinajstić information content (AvgIpc) is 2.38. The van der Waals surface area contributed by atoms with E-state index in [9.17, 15) is 0 Å². The Bertz CT molecular complexity index is 355. The molecule has 1 aromatic carbocycles. The second-order valence-electron chi connectivity index (χ2n) is 4.79. The summed E-state index contributed by atoms with van der Waals surface area (Å²) >= 11 is 0. The monoisotopic (exact) mass is 253 g/mol. The Morgan fingerprint density at radius 2 is 1.56 bits per heavy atom. The first-order valence-corrected chi connectivity index (χ1v) is 5.98. The van der Waals surface area contributed by atoms with Gasteiger partial charge in [0.2, 0.25) is 0 Å². The Kier molecular flexibility index (Phi) is 5.44. The second-order valence-corrected chi connectivity index (χ2v) is 4.79. The van der Waals surface area contributed by atoms with Gasteiger partial charge in [-0.3, -0.25) is 0 Å². The first kappa shape index (κ1) is 14.8. The molecule has 102 valence electrons. The maximum Gasteiger partial charge on any atom is 0.122 e. The van der Waals surface area contributed by atoms with Gasteiger partial charge in [-0.1, -0.05) is 0 Å². The molecule has 0 fully saturated rings. The molecule has 4 heteroatoms. The summed E-state index contributed by atoms with van der Waals surface area (Å²) in [5.41, 5.74) is 0.960. The Morgan fingerprint density at radius 1 is 1.00 bits per heavy atom. The van der Waals surface area contributed by atoms with Crippen molar-refractivity contribution in [1.82, 2.24) is 5.32 Å². The van der Waals surface area contributed by atoms with Gasteiger partial charge in [0.15, 0.2) is 0 Å². The molecule has 0 saturated heterocycles. The Morgan fingerprint density at radius 3 is 2.00 bits per heavy atom. The van der Waals surface area contributed by atoms with Crippen LogP contribution in [0.5, 0.6) is 11.5 Å². The number of hydrogen-bond acceptors (Lipinski definition) is 4. The van der Waals surface area contributed by atoms with Crippen molar-refractivity contribution in [3.05, 3.63) is 23.8 Å². The zero-order valence-electron chi connectivity index (χ0n) is 11.9. The van der Waals surface area contributed by atoms with Crippen molar-refractivity contribution in [2.75, 3.05) is 27.9 Å². The minimum absolute atomic E-state index is 0.164. The third-order valence-electron chi connectivity index (χ3n) is 2.84. The van der Waals surface area contributed by atoms with Crippen molar-refractivity contribution in [3.8, 4) is 11.5 Å². The summed E-state index contributed by atoms with van der Waals surface area (Å²) in [5.74, 6) is 1.61. The predicted octanol–water partition coefficient (Wildman–Crippen LogP) is 2.22. The molecule has 0 atom stereocenters. The molecule has 18 heavy (non-hydrogen) atoms. The molecule has 1 aromatic rings. The zero-order chi connectivity index (χ0) is 13.6. The number of rotatable bonds is 7. The fourth-order valence-electron chi connectivity index (χ4n) is 1.55. The van der Waals surface area contributed by atoms with Crippen LogP contribution >= 0.6 is 0 Å². The third-order valence-corrected chi connectivity index (χ3v) is 2.84. The highest BCUT2D eigenvalue weighted by Crippen LogP contribution is 2.22. The highest BCUT2D eigenvalue weighted by molar-refractivity contribution is 5.38. The van der Waals surface area contributed by atoms with Gasteiger partial charge < -0.3 is 19.5 Å². The zero-order valence-corrected chi connectivity index (χ0v) is 11.9. The summed E-state index contributed by atoms with van der Waals surface area (Å²) in [6.07, 6.45) is 0. The lowest BCUT2D eigenvalue weighted by Crippen LogP contribution is -2.36. The SMILES string of the molecule is COc1cc(CNCC(C)(C)OC)cc(OC)c1. The third kappa shape index (κ3) is 4.55. The van der Waals surface area contributed by atoms with Crippen LogP contribution < -0.4 is 14.8 Å². The van der Waals surface area contributed by atoms with E-state index in [0.29, 0.717) is 0 Å². The molecule has 0 radical (unpaired) electrons. The van der Waals surface area contributed by atoms with E-state index in [1.165, 1.54) is 0 Å². The Balaban J connectivity index is 2.61. The predicted molar refractivity (Wildman–Crippen MR) is 72.3 cm³/mol. The molecule has 0 saturated carbocycles. The van der Waals surface area contributed by atoms with Crippen LogP contribution in [0.3, 0.4) is 0 Å². The van der Waals surface area contributed by atoms with Gasteiger partial charge >= 0.3 is 0 Å². The van der Waals surface area contributed by atoms with E-state index in [1.54, 1.807) is 21.3 Å². The maximum absolute atomic E-state index is 5.35. The summed E-state index contributed by atoms with van der Waals surface area (Å²) in [6, 6.07) is 5.85. The summed E-state index contributed by atoms with van der Waals surface area (Å²) in [4.78, 5) is 0. The largest absolute Gasteiger partial charge is 0.497 e. The van der Waals surface area contributed by atoms with Gasteiger partial charge in [0, 0.05) is 26.3 Å². The van der Waals surface area contributed by atoms with Gasteiger partial charge in [0.05, 0.1) is 19.8 Å². The van der Waals surface area contributed by atoms with Crippen LogP contribution in [0, 0.1) is 0 Å². The second kappa shape index (κ2) is 6.61. The first-order chi connectivity index (χ1) is 8.50. The van der Waals surface area contributed by atoms with E-state index in [2.05, 4.69) is 5.32 Å². The molecule has 1 rings (SSSR count). The maximum atomic E-state index is 5.35. The molecule has 0 aliphatic carbocycles. The Hall–Kier alpha value is -1.26. The molecule has 0 aliphatic heterocycles. The van der Waals surface area contributed by atoms with E-state index in [-0.39, 0.29) is 5.60 Å². The number of methoxy groups -OCH3 is 3. The lowest BCUT2D eigenvalue weighted by Gasteiger charge is -2.23. The minimum Gasteiger partial charge on any atom is -0.497 e. The molecule has 4 nitrogen and oxygen atoms in total. The normalized spacial score (nSPS) is 11.4. The molecule has 0 aromatic heterocycles. The first-order valence-electron chi connectivity index (χ1n) is 5.98. The lowest BCUT2D eigenvalue weighted by atomic mass is 10.1. The standard InChI is InChI=1S/C14H23NO3/c1-14(2,18-5)10-15-9-11-6-12(16-3)8-13(7-11)17-4/h6-8,15H,9-10H2,1-5H3. The Labute approximate surface area is 109 Å². The van der Waals surface area contributed by atoms with Gasteiger partial charge in [0.1, 0.15) is 11.5 Å². The van der Waals surface area contributed by atoms with Gasteiger partial charge in [-0.05, 0) is 31.5 Å². The smallest absolute Gasteiger partial charge is 0.122 e. The van der Waals surface area contributed by atoms with Gasteiger partial charge in [-0.2, -0.15) is 0 Å². The van der Waals surface area contributed by atoms with Crippen molar-refractivity contribution in [1.29, 1.82) is 0 Å². The number of hydrogen-bond donors (Lipinski definition) is 1. The number of benzene rings is 1. The van der Waals surface area contributed by atoms with Gasteiger partial charge in [0.25, 0.3) is 0 Å². The van der Waals surface area contributed by atoms with E-state index >= 15 is 0 Å². The molecule has 1 N–H and O–H groups in total. The van der Waals surface area contributed by atoms with Gasteiger partial charge in [-0.15, -0.1) is 0 Å². The molecular weight excluding hydrogens is 230 g/mol. The quantitative estimate of drug-likeness (QED) is 0.809. The minimum atomic E-state index is -0.164. The van der Waals surface area contributed by atoms with E-state index in [1.807, 2.05) is 32.0 Å². The van der Waals surface area contributed by atoms with Crippen LogP contribution in [0.25, 0.3) is 0 Å². The summed E-state index contributed by atoms with van der Waals surface area (Å²) in [5, 5.41) is 3.36. The fraction of sp³-hybridized carbons (Fsp3) is 0.571. The van der Waals surface area contributed by atoms with Crippen molar-refractivity contribution < 1.29 is 14.2 Å². The summed E-state index contributed by atoms with van der Waals surface area (Å²) in [7, 11) is 5.02. The van der Waals surface area contributed by atoms with Crippen LogP contribution in [0.2, 0.25) is 0 Å². The topological polar surface area (TPSA) is 39.7 Å². The summed E-state index contributed by atoms with van der Waals surface area (Å²) in [6.45, 7) is 5.63. The fourth-order valence-corrected chi connectivity index (χ4v) is 1.55. The molecular formula is C14H23NO3. The van der Waals surface area contributed by atoms with Crippen LogP contribution in [0.4, 0.5) is 0 Å². The van der Waals surface area contributed by atoms with Crippen molar-refractivity contribution in [3.63, 3.8) is 0 Å². The lowest BCUT2D eigenvalue weighted by molar-refractivity contribution is 0.0230. The van der Waals surface area contributed by atoms with E-state index in [0.717, 1.165) is 30.2 Å². The van der Waals surface area contributed by atoms with Crippen molar-refractivity contribution in [2.24, 2.45) is 0 Å². The molecule has 0 unspecified atom stereocenters. The molecule has 0 amide bonds. The molecule has 0 heterocycles. The van der Waals surface area contributed by atoms with Crippen LogP contribution in [-0.4, -0.2) is 33.5 Å². The van der Waals surface area contributed by atoms with Crippen LogP contribution in [0.15, 0.2) is 18.2 Å². The number of nitrogens with one attached hydrogen (secondary N) is 1. The van der Waals surface area contributed by atoms with Crippen molar-refractivity contribution in [2.45, 2.75) is 26.0 Å². The molecule has 0 spiro atoms.